The average Bonchev–Trinajstić information content (AvgIpc) is 3.14. The summed E-state index contributed by atoms with van der Waals surface area (Å²) in [5, 5.41) is 1.16. The van der Waals surface area contributed by atoms with Crippen molar-refractivity contribution in [2.24, 2.45) is 5.41 Å². The standard InChI is InChI=1S/C22H26BF2NO4/c1-19(2)20(3,4)30-23(29-19)13-6-7-15-16(8-13)18(27)26(11-17(15)28-5)14-9-21(10-14)12-22(21,24)25/h6-8,11,14H,9-10,12H2,1-5H3. The van der Waals surface area contributed by atoms with Crippen LogP contribution in [-0.2, 0) is 9.31 Å². The van der Waals surface area contributed by atoms with Crippen LogP contribution in [0.3, 0.4) is 0 Å². The van der Waals surface area contributed by atoms with Gasteiger partial charge in [0.2, 0.25) is 0 Å². The second-order valence-electron chi connectivity index (χ2n) is 10.0. The molecule has 1 aromatic heterocycles. The van der Waals surface area contributed by atoms with Gasteiger partial charge in [0.05, 0.1) is 29.9 Å². The number of nitrogens with zero attached hydrogens (tertiary/aromatic N) is 1. The van der Waals surface area contributed by atoms with Gasteiger partial charge < -0.3 is 18.6 Å². The first-order valence-electron chi connectivity index (χ1n) is 10.4. The Bertz CT molecular complexity index is 1090. The normalized spacial score (nSPS) is 30.5. The van der Waals surface area contributed by atoms with E-state index in [1.807, 2.05) is 39.8 Å². The Morgan fingerprint density at radius 2 is 1.70 bits per heavy atom. The van der Waals surface area contributed by atoms with Crippen LogP contribution < -0.4 is 15.8 Å². The molecule has 0 N–H and O–H groups in total. The van der Waals surface area contributed by atoms with Crippen molar-refractivity contribution in [3.8, 4) is 5.75 Å². The number of benzene rings is 1. The molecule has 1 spiro atoms. The molecular weight excluding hydrogens is 391 g/mol. The predicted molar refractivity (Wildman–Crippen MR) is 111 cm³/mol. The Labute approximate surface area is 174 Å². The molecule has 8 heteroatoms. The van der Waals surface area contributed by atoms with Crippen molar-refractivity contribution in [3.05, 3.63) is 34.7 Å². The highest BCUT2D eigenvalue weighted by molar-refractivity contribution is 6.62. The Morgan fingerprint density at radius 1 is 1.10 bits per heavy atom. The summed E-state index contributed by atoms with van der Waals surface area (Å²) < 4.78 is 46.6. The average molecular weight is 417 g/mol. The quantitative estimate of drug-likeness (QED) is 0.716. The van der Waals surface area contributed by atoms with Crippen LogP contribution in [-0.4, -0.2) is 35.9 Å². The number of methoxy groups -OCH3 is 1. The van der Waals surface area contributed by atoms with Crippen LogP contribution in [0.25, 0.3) is 10.8 Å². The maximum atomic E-state index is 13.6. The first kappa shape index (κ1) is 20.0. The van der Waals surface area contributed by atoms with Crippen LogP contribution in [0.4, 0.5) is 8.78 Å². The molecule has 2 saturated carbocycles. The summed E-state index contributed by atoms with van der Waals surface area (Å²) in [6, 6.07) is 5.25. The SMILES string of the molecule is COc1cn(C2CC3(C2)CC3(F)F)c(=O)c2cc(B3OC(C)(C)C(C)(C)O3)ccc12. The van der Waals surface area contributed by atoms with Crippen molar-refractivity contribution < 1.29 is 22.8 Å². The monoisotopic (exact) mass is 417 g/mol. The van der Waals surface area contributed by atoms with Crippen LogP contribution >= 0.6 is 0 Å². The van der Waals surface area contributed by atoms with E-state index in [2.05, 4.69) is 0 Å². The number of alkyl halides is 2. The lowest BCUT2D eigenvalue weighted by Crippen LogP contribution is -2.41. The van der Waals surface area contributed by atoms with Crippen molar-refractivity contribution in [3.63, 3.8) is 0 Å². The van der Waals surface area contributed by atoms with Gasteiger partial charge in [-0.15, -0.1) is 0 Å². The molecule has 5 rings (SSSR count). The molecule has 2 aromatic rings. The highest BCUT2D eigenvalue weighted by Crippen LogP contribution is 2.73. The van der Waals surface area contributed by atoms with Gasteiger partial charge in [0.25, 0.3) is 11.5 Å². The maximum Gasteiger partial charge on any atom is 0.494 e. The topological polar surface area (TPSA) is 49.7 Å². The summed E-state index contributed by atoms with van der Waals surface area (Å²) in [5.41, 5.74) is -1.33. The van der Waals surface area contributed by atoms with Gasteiger partial charge in [-0.1, -0.05) is 12.1 Å². The van der Waals surface area contributed by atoms with Crippen LogP contribution in [0, 0.1) is 5.41 Å². The molecular formula is C22H26BF2NO4. The summed E-state index contributed by atoms with van der Waals surface area (Å²) in [5.74, 6) is -2.04. The van der Waals surface area contributed by atoms with Crippen molar-refractivity contribution in [1.29, 1.82) is 0 Å². The van der Waals surface area contributed by atoms with Gasteiger partial charge in [0.15, 0.2) is 0 Å². The van der Waals surface area contributed by atoms with Crippen molar-refractivity contribution in [1.82, 2.24) is 4.57 Å². The summed E-state index contributed by atoms with van der Waals surface area (Å²) in [7, 11) is 0.957. The van der Waals surface area contributed by atoms with E-state index in [0.29, 0.717) is 29.4 Å². The fourth-order valence-electron chi connectivity index (χ4n) is 4.77. The molecule has 160 valence electrons. The number of hydrogen-bond acceptors (Lipinski definition) is 4. The van der Waals surface area contributed by atoms with Gasteiger partial charge in [-0.3, -0.25) is 4.79 Å². The largest absolute Gasteiger partial charge is 0.495 e. The van der Waals surface area contributed by atoms with Gasteiger partial charge in [0.1, 0.15) is 5.75 Å². The zero-order valence-electron chi connectivity index (χ0n) is 17.9. The lowest BCUT2D eigenvalue weighted by Gasteiger charge is -2.37. The number of fused-ring (bicyclic) bond motifs is 1. The van der Waals surface area contributed by atoms with Crippen molar-refractivity contribution in [2.45, 2.75) is 70.1 Å². The van der Waals surface area contributed by atoms with E-state index in [1.165, 1.54) is 0 Å². The number of halogens is 2. The molecule has 3 aliphatic rings. The third-order valence-corrected chi connectivity index (χ3v) is 7.63. The number of pyridine rings is 1. The number of ether oxygens (including phenoxy) is 1. The fourth-order valence-corrected chi connectivity index (χ4v) is 4.77. The third kappa shape index (κ3) is 2.62. The molecule has 0 atom stereocenters. The van der Waals surface area contributed by atoms with Crippen LogP contribution in [0.2, 0.25) is 0 Å². The van der Waals surface area contributed by atoms with E-state index in [4.69, 9.17) is 14.0 Å². The molecule has 3 fully saturated rings. The zero-order chi connectivity index (χ0) is 21.7. The van der Waals surface area contributed by atoms with Crippen LogP contribution in [0.5, 0.6) is 5.75 Å². The zero-order valence-corrected chi connectivity index (χ0v) is 17.9. The molecule has 30 heavy (non-hydrogen) atoms. The molecule has 0 bridgehead atoms. The first-order chi connectivity index (χ1) is 13.9. The van der Waals surface area contributed by atoms with E-state index in [-0.39, 0.29) is 18.0 Å². The molecule has 0 amide bonds. The minimum atomic E-state index is -2.59. The van der Waals surface area contributed by atoms with Gasteiger partial charge >= 0.3 is 7.12 Å². The van der Waals surface area contributed by atoms with E-state index in [1.54, 1.807) is 23.9 Å². The molecule has 1 saturated heterocycles. The molecule has 0 radical (unpaired) electrons. The van der Waals surface area contributed by atoms with E-state index in [9.17, 15) is 13.6 Å². The minimum Gasteiger partial charge on any atom is -0.495 e. The second-order valence-corrected chi connectivity index (χ2v) is 10.0. The van der Waals surface area contributed by atoms with Crippen LogP contribution in [0.15, 0.2) is 29.2 Å². The predicted octanol–water partition coefficient (Wildman–Crippen LogP) is 3.67. The Hall–Kier alpha value is -1.93. The molecule has 0 unspecified atom stereocenters. The summed E-state index contributed by atoms with van der Waals surface area (Å²) in [6.07, 6.45) is 2.23. The summed E-state index contributed by atoms with van der Waals surface area (Å²) in [6.45, 7) is 7.91. The van der Waals surface area contributed by atoms with Gasteiger partial charge in [-0.05, 0) is 52.1 Å². The second kappa shape index (κ2) is 5.85. The van der Waals surface area contributed by atoms with Crippen molar-refractivity contribution in [2.75, 3.05) is 7.11 Å². The van der Waals surface area contributed by atoms with Gasteiger partial charge in [0, 0.05) is 23.3 Å². The molecule has 1 aliphatic heterocycles. The lowest BCUT2D eigenvalue weighted by atomic mass is 9.76. The minimum absolute atomic E-state index is 0.0674. The van der Waals surface area contributed by atoms with E-state index in [0.717, 1.165) is 5.46 Å². The first-order valence-corrected chi connectivity index (χ1v) is 10.4. The Balaban J connectivity index is 1.54. The van der Waals surface area contributed by atoms with E-state index >= 15 is 0 Å². The summed E-state index contributed by atoms with van der Waals surface area (Å²) >= 11 is 0. The van der Waals surface area contributed by atoms with Gasteiger partial charge in [-0.25, -0.2) is 8.78 Å². The van der Waals surface area contributed by atoms with E-state index < -0.39 is 29.7 Å². The molecule has 1 aromatic carbocycles. The number of aromatic nitrogens is 1. The number of rotatable bonds is 3. The number of hydrogen-bond donors (Lipinski definition) is 0. The van der Waals surface area contributed by atoms with Crippen molar-refractivity contribution >= 4 is 23.4 Å². The Kier molecular flexibility index (Phi) is 3.90. The van der Waals surface area contributed by atoms with Crippen LogP contribution in [0.1, 0.15) is 53.0 Å². The molecule has 5 nitrogen and oxygen atoms in total. The third-order valence-electron chi connectivity index (χ3n) is 7.63. The summed E-state index contributed by atoms with van der Waals surface area (Å²) in [4.78, 5) is 13.3. The maximum absolute atomic E-state index is 13.6. The smallest absolute Gasteiger partial charge is 0.494 e. The highest BCUT2D eigenvalue weighted by Gasteiger charge is 2.75. The highest BCUT2D eigenvalue weighted by atomic mass is 19.3. The molecule has 2 heterocycles. The lowest BCUT2D eigenvalue weighted by molar-refractivity contribution is 0.00491. The van der Waals surface area contributed by atoms with Gasteiger partial charge in [-0.2, -0.15) is 0 Å². The molecule has 2 aliphatic carbocycles. The fraction of sp³-hybridized carbons (Fsp3) is 0.591. The Morgan fingerprint density at radius 3 is 2.23 bits per heavy atom.